The summed E-state index contributed by atoms with van der Waals surface area (Å²) >= 11 is 1.72. The van der Waals surface area contributed by atoms with Gasteiger partial charge < -0.3 is 4.98 Å². The smallest absolute Gasteiger partial charge is 0.259 e. The van der Waals surface area contributed by atoms with E-state index < -0.39 is 0 Å². The van der Waals surface area contributed by atoms with E-state index in [1.165, 1.54) is 16.9 Å². The van der Waals surface area contributed by atoms with Crippen LogP contribution in [0.3, 0.4) is 0 Å². The quantitative estimate of drug-likeness (QED) is 0.857. The molecule has 3 nitrogen and oxygen atoms in total. The van der Waals surface area contributed by atoms with Gasteiger partial charge >= 0.3 is 0 Å². The van der Waals surface area contributed by atoms with Gasteiger partial charge in [0, 0.05) is 10.8 Å². The van der Waals surface area contributed by atoms with Crippen LogP contribution in [0.4, 0.5) is 0 Å². The van der Waals surface area contributed by atoms with Crippen LogP contribution < -0.4 is 5.56 Å². The summed E-state index contributed by atoms with van der Waals surface area (Å²) in [5, 5.41) is 0.853. The molecule has 0 spiro atoms. The maximum atomic E-state index is 12.2. The van der Waals surface area contributed by atoms with Crippen molar-refractivity contribution in [1.29, 1.82) is 0 Å². The van der Waals surface area contributed by atoms with Gasteiger partial charge in [-0.2, -0.15) is 0 Å². The monoisotopic (exact) mass is 262 g/mol. The zero-order chi connectivity index (χ0) is 12.9. The zero-order valence-corrected chi connectivity index (χ0v) is 11.9. The van der Waals surface area contributed by atoms with E-state index in [-0.39, 0.29) is 11.5 Å². The van der Waals surface area contributed by atoms with Crippen LogP contribution in [0.2, 0.25) is 0 Å². The van der Waals surface area contributed by atoms with Gasteiger partial charge in [-0.3, -0.25) is 4.79 Å². The van der Waals surface area contributed by atoms with Gasteiger partial charge in [0.15, 0.2) is 0 Å². The first-order valence-corrected chi connectivity index (χ1v) is 7.42. The number of aromatic amines is 1. The lowest BCUT2D eigenvalue weighted by Gasteiger charge is -2.17. The molecular weight excluding hydrogens is 244 g/mol. The number of rotatable bonds is 1. The van der Waals surface area contributed by atoms with Gasteiger partial charge in [-0.05, 0) is 30.7 Å². The molecule has 0 aliphatic heterocycles. The van der Waals surface area contributed by atoms with Crippen molar-refractivity contribution in [3.63, 3.8) is 0 Å². The molecule has 0 saturated carbocycles. The fourth-order valence-electron chi connectivity index (χ4n) is 2.64. The molecule has 1 aliphatic carbocycles. The molecule has 1 N–H and O–H groups in total. The molecule has 0 fully saturated rings. The van der Waals surface area contributed by atoms with E-state index in [1.807, 2.05) is 0 Å². The van der Waals surface area contributed by atoms with Gasteiger partial charge in [0.2, 0.25) is 0 Å². The number of thiophene rings is 1. The Labute approximate surface area is 110 Å². The number of hydrogen-bond acceptors (Lipinski definition) is 3. The van der Waals surface area contributed by atoms with Crippen molar-refractivity contribution in [3.05, 3.63) is 26.6 Å². The second-order valence-corrected chi connectivity index (χ2v) is 6.72. The predicted molar refractivity (Wildman–Crippen MR) is 75.5 cm³/mol. The van der Waals surface area contributed by atoms with Crippen molar-refractivity contribution >= 4 is 21.6 Å². The highest BCUT2D eigenvalue weighted by Gasteiger charge is 2.23. The number of fused-ring (bicyclic) bond motifs is 3. The van der Waals surface area contributed by atoms with Crippen molar-refractivity contribution in [2.45, 2.75) is 46.0 Å². The summed E-state index contributed by atoms with van der Waals surface area (Å²) in [6.07, 6.45) is 3.32. The second-order valence-electron chi connectivity index (χ2n) is 5.64. The standard InChI is InChI=1S/C14H18N2OS/c1-7(2)12-15-13(17)11-9-5-4-8(3)6-10(9)18-14(11)16-12/h7-8H,4-6H2,1-3H3,(H,15,16,17). The van der Waals surface area contributed by atoms with Gasteiger partial charge in [0.25, 0.3) is 5.56 Å². The van der Waals surface area contributed by atoms with Crippen LogP contribution in [0, 0.1) is 5.92 Å². The predicted octanol–water partition coefficient (Wildman–Crippen LogP) is 3.23. The lowest BCUT2D eigenvalue weighted by Crippen LogP contribution is -2.15. The Hall–Kier alpha value is -1.16. The lowest BCUT2D eigenvalue weighted by atomic mass is 9.89. The molecule has 1 unspecified atom stereocenters. The molecular formula is C14H18N2OS. The molecule has 2 heterocycles. The number of hydrogen-bond donors (Lipinski definition) is 1. The van der Waals surface area contributed by atoms with Gasteiger partial charge in [-0.15, -0.1) is 11.3 Å². The van der Waals surface area contributed by atoms with E-state index in [1.54, 1.807) is 11.3 Å². The van der Waals surface area contributed by atoms with Gasteiger partial charge in [0.1, 0.15) is 10.7 Å². The normalized spacial score (nSPS) is 19.4. The van der Waals surface area contributed by atoms with E-state index in [0.29, 0.717) is 0 Å². The highest BCUT2D eigenvalue weighted by molar-refractivity contribution is 7.18. The van der Waals surface area contributed by atoms with Crippen LogP contribution in [-0.4, -0.2) is 9.97 Å². The average molecular weight is 262 g/mol. The summed E-state index contributed by atoms with van der Waals surface area (Å²) in [5.74, 6) is 1.80. The van der Waals surface area contributed by atoms with Crippen LogP contribution in [0.5, 0.6) is 0 Å². The van der Waals surface area contributed by atoms with E-state index in [0.717, 1.165) is 34.8 Å². The molecule has 0 aromatic carbocycles. The van der Waals surface area contributed by atoms with Crippen LogP contribution >= 0.6 is 11.3 Å². The first kappa shape index (κ1) is 11.9. The van der Waals surface area contributed by atoms with Crippen LogP contribution in [0.15, 0.2) is 4.79 Å². The Morgan fingerprint density at radius 2 is 2.22 bits per heavy atom. The van der Waals surface area contributed by atoms with Crippen molar-refractivity contribution in [1.82, 2.24) is 9.97 Å². The largest absolute Gasteiger partial charge is 0.310 e. The number of nitrogens with zero attached hydrogens (tertiary/aromatic N) is 1. The minimum absolute atomic E-state index is 0.0516. The highest BCUT2D eigenvalue weighted by atomic mass is 32.1. The third kappa shape index (κ3) is 1.79. The van der Waals surface area contributed by atoms with Crippen LogP contribution in [0.25, 0.3) is 10.2 Å². The molecule has 3 rings (SSSR count). The maximum absolute atomic E-state index is 12.2. The van der Waals surface area contributed by atoms with Gasteiger partial charge in [-0.25, -0.2) is 4.98 Å². The minimum atomic E-state index is 0.0516. The fraction of sp³-hybridized carbons (Fsp3) is 0.571. The molecule has 2 aromatic heterocycles. The SMILES string of the molecule is CC1CCc2c(sc3nc(C(C)C)[nH]c(=O)c23)C1. The second kappa shape index (κ2) is 4.19. The molecule has 2 aromatic rings. The summed E-state index contributed by atoms with van der Waals surface area (Å²) in [4.78, 5) is 22.1. The molecule has 1 aliphatic rings. The van der Waals surface area contributed by atoms with Crippen molar-refractivity contribution in [2.24, 2.45) is 5.92 Å². The lowest BCUT2D eigenvalue weighted by molar-refractivity contribution is 0.509. The Morgan fingerprint density at radius 1 is 1.44 bits per heavy atom. The third-order valence-electron chi connectivity index (χ3n) is 3.73. The Balaban J connectivity index is 2.25. The number of nitrogens with one attached hydrogen (secondary N) is 1. The van der Waals surface area contributed by atoms with E-state index in [2.05, 4.69) is 30.7 Å². The summed E-state index contributed by atoms with van der Waals surface area (Å²) < 4.78 is 0. The first-order valence-electron chi connectivity index (χ1n) is 6.60. The molecule has 4 heteroatoms. The molecule has 0 radical (unpaired) electrons. The van der Waals surface area contributed by atoms with E-state index in [9.17, 15) is 4.79 Å². The summed E-state index contributed by atoms with van der Waals surface area (Å²) in [7, 11) is 0. The molecule has 1 atom stereocenters. The summed E-state index contributed by atoms with van der Waals surface area (Å²) in [6, 6.07) is 0. The average Bonchev–Trinajstić information content (AvgIpc) is 2.66. The van der Waals surface area contributed by atoms with Crippen molar-refractivity contribution in [2.75, 3.05) is 0 Å². The van der Waals surface area contributed by atoms with E-state index >= 15 is 0 Å². The summed E-state index contributed by atoms with van der Waals surface area (Å²) in [6.45, 7) is 6.39. The highest BCUT2D eigenvalue weighted by Crippen LogP contribution is 2.35. The minimum Gasteiger partial charge on any atom is -0.310 e. The number of H-pyrrole nitrogens is 1. The molecule has 18 heavy (non-hydrogen) atoms. The molecule has 96 valence electrons. The third-order valence-corrected chi connectivity index (χ3v) is 4.88. The number of aryl methyl sites for hydroxylation is 1. The van der Waals surface area contributed by atoms with Gasteiger partial charge in [0.05, 0.1) is 5.39 Å². The first-order chi connectivity index (χ1) is 8.56. The van der Waals surface area contributed by atoms with Crippen LogP contribution in [0.1, 0.15) is 49.4 Å². The maximum Gasteiger partial charge on any atom is 0.259 e. The molecule has 0 bridgehead atoms. The zero-order valence-electron chi connectivity index (χ0n) is 11.0. The fourth-order valence-corrected chi connectivity index (χ4v) is 4.03. The Morgan fingerprint density at radius 3 is 2.94 bits per heavy atom. The van der Waals surface area contributed by atoms with Gasteiger partial charge in [-0.1, -0.05) is 20.8 Å². The number of aromatic nitrogens is 2. The Kier molecular flexibility index (Phi) is 2.77. The topological polar surface area (TPSA) is 45.8 Å². The van der Waals surface area contributed by atoms with Crippen molar-refractivity contribution < 1.29 is 0 Å². The Bertz CT molecular complexity index is 654. The van der Waals surface area contributed by atoms with Crippen molar-refractivity contribution in [3.8, 4) is 0 Å². The summed E-state index contributed by atoms with van der Waals surface area (Å²) in [5.41, 5.74) is 1.31. The van der Waals surface area contributed by atoms with Crippen LogP contribution in [-0.2, 0) is 12.8 Å². The van der Waals surface area contributed by atoms with E-state index in [4.69, 9.17) is 0 Å². The molecule has 0 amide bonds. The molecule has 0 saturated heterocycles.